The zero-order chi connectivity index (χ0) is 27.4. The van der Waals surface area contributed by atoms with Gasteiger partial charge in [-0.1, -0.05) is 6.07 Å². The number of rotatable bonds is 7. The van der Waals surface area contributed by atoms with Crippen LogP contribution in [0.5, 0.6) is 5.75 Å². The van der Waals surface area contributed by atoms with Gasteiger partial charge in [-0.05, 0) is 61.8 Å². The van der Waals surface area contributed by atoms with E-state index in [1.807, 2.05) is 11.0 Å². The molecule has 0 radical (unpaired) electrons. The molecule has 2 fully saturated rings. The zero-order valence-corrected chi connectivity index (χ0v) is 22.5. The van der Waals surface area contributed by atoms with Crippen LogP contribution >= 0.6 is 0 Å². The molecule has 0 bridgehead atoms. The van der Waals surface area contributed by atoms with Gasteiger partial charge in [0.25, 0.3) is 5.91 Å². The molecule has 4 heterocycles. The maximum Gasteiger partial charge on any atom is 0.270 e. The monoisotopic (exact) mass is 537 g/mol. The summed E-state index contributed by atoms with van der Waals surface area (Å²) in [5, 5.41) is 30.2. The Hall–Kier alpha value is -3.44. The molecule has 5 rings (SSSR count). The van der Waals surface area contributed by atoms with Gasteiger partial charge in [0.05, 0.1) is 6.10 Å². The lowest BCUT2D eigenvalue weighted by atomic mass is 9.92. The highest BCUT2D eigenvalue weighted by atomic mass is 16.3. The third kappa shape index (κ3) is 6.77. The van der Waals surface area contributed by atoms with Gasteiger partial charge >= 0.3 is 0 Å². The summed E-state index contributed by atoms with van der Waals surface area (Å²) in [6.45, 7) is 5.33. The van der Waals surface area contributed by atoms with Crippen molar-refractivity contribution in [3.8, 4) is 5.75 Å². The maximum absolute atomic E-state index is 13.2. The maximum atomic E-state index is 13.2. The Morgan fingerprint density at radius 2 is 1.85 bits per heavy atom. The normalized spacial score (nSPS) is 20.7. The molecule has 2 aromatic rings. The van der Waals surface area contributed by atoms with Gasteiger partial charge in [0.1, 0.15) is 17.3 Å². The number of carbonyl (C=O) groups is 2. The van der Waals surface area contributed by atoms with Crippen molar-refractivity contribution in [3.63, 3.8) is 0 Å². The summed E-state index contributed by atoms with van der Waals surface area (Å²) in [6, 6.07) is 6.89. The van der Waals surface area contributed by atoms with E-state index in [4.69, 9.17) is 4.98 Å². The first kappa shape index (κ1) is 27.1. The summed E-state index contributed by atoms with van der Waals surface area (Å²) in [4.78, 5) is 38.2. The highest BCUT2D eigenvalue weighted by molar-refractivity contribution is 5.93. The molecular formula is C28H39N7O4. The van der Waals surface area contributed by atoms with Crippen LogP contribution < -0.4 is 20.9 Å². The fourth-order valence-electron chi connectivity index (χ4n) is 5.64. The third-order valence-corrected chi connectivity index (χ3v) is 8.00. The summed E-state index contributed by atoms with van der Waals surface area (Å²) in [5.74, 6) is 1.11. The average molecular weight is 538 g/mol. The van der Waals surface area contributed by atoms with Crippen molar-refractivity contribution in [3.05, 3.63) is 41.1 Å². The van der Waals surface area contributed by atoms with Crippen LogP contribution in [0.2, 0.25) is 0 Å². The minimum absolute atomic E-state index is 0.0826. The van der Waals surface area contributed by atoms with Gasteiger partial charge in [0.2, 0.25) is 11.9 Å². The van der Waals surface area contributed by atoms with Crippen LogP contribution in [0.25, 0.3) is 0 Å². The molecule has 2 saturated heterocycles. The van der Waals surface area contributed by atoms with E-state index >= 15 is 0 Å². The molecule has 1 aromatic heterocycles. The van der Waals surface area contributed by atoms with Gasteiger partial charge in [-0.2, -0.15) is 4.98 Å². The molecule has 3 aliphatic rings. The summed E-state index contributed by atoms with van der Waals surface area (Å²) in [7, 11) is 0. The second kappa shape index (κ2) is 12.2. The third-order valence-electron chi connectivity index (χ3n) is 8.00. The molecule has 39 heavy (non-hydrogen) atoms. The van der Waals surface area contributed by atoms with Crippen molar-refractivity contribution in [1.82, 2.24) is 25.5 Å². The summed E-state index contributed by atoms with van der Waals surface area (Å²) in [6.07, 6.45) is 4.75. The molecule has 0 aliphatic carbocycles. The van der Waals surface area contributed by atoms with Crippen LogP contribution in [0, 0.1) is 0 Å². The van der Waals surface area contributed by atoms with E-state index < -0.39 is 6.10 Å². The number of aliphatic hydroxyl groups is 1. The highest BCUT2D eigenvalue weighted by Gasteiger charge is 2.27. The fraction of sp³-hybridized carbons (Fsp3) is 0.571. The second-order valence-corrected chi connectivity index (χ2v) is 10.8. The zero-order valence-electron chi connectivity index (χ0n) is 22.5. The highest BCUT2D eigenvalue weighted by Crippen LogP contribution is 2.23. The number of fused-ring (bicyclic) bond motifs is 1. The molecule has 11 heteroatoms. The molecule has 5 N–H and O–H groups in total. The molecule has 3 aliphatic heterocycles. The number of likely N-dealkylation sites (tertiary alicyclic amines) is 1. The van der Waals surface area contributed by atoms with E-state index in [0.717, 1.165) is 49.9 Å². The van der Waals surface area contributed by atoms with Gasteiger partial charge in [0, 0.05) is 64.3 Å². The minimum Gasteiger partial charge on any atom is -0.508 e. The Morgan fingerprint density at radius 1 is 1.08 bits per heavy atom. The number of phenols is 1. The Labute approximate surface area is 229 Å². The first-order valence-electron chi connectivity index (χ1n) is 14.0. The van der Waals surface area contributed by atoms with Crippen LogP contribution in [0.1, 0.15) is 60.6 Å². The SMILES string of the molecule is CC(=O)N1CCC(Nc2cc(C(=O)NC[C@@H](O)[C@@H]3Cc4ccc(O)cc4CN3)nc(N3CCCCC3)n2)CC1. The van der Waals surface area contributed by atoms with Gasteiger partial charge in [0.15, 0.2) is 0 Å². The van der Waals surface area contributed by atoms with Crippen molar-refractivity contribution >= 4 is 23.6 Å². The number of piperidine rings is 2. The standard InChI is InChI=1S/C28H39N7O4/c1-18(36)34-11-7-21(8-12-34)31-26-15-24(32-28(33-26)35-9-3-2-4-10-35)27(39)30-17-25(38)23-14-19-5-6-22(37)13-20(19)16-29-23/h5-6,13,15,21,23,25,29,37-38H,2-4,7-12,14,16-17H2,1H3,(H,30,39)(H,31,32,33)/t23-,25+/m0/s1. The van der Waals surface area contributed by atoms with E-state index in [0.29, 0.717) is 37.8 Å². The van der Waals surface area contributed by atoms with Gasteiger partial charge in [-0.3, -0.25) is 9.59 Å². The lowest BCUT2D eigenvalue weighted by Crippen LogP contribution is -2.49. The number of nitrogens with one attached hydrogen (secondary N) is 3. The number of aromatic nitrogens is 2. The fourth-order valence-corrected chi connectivity index (χ4v) is 5.64. The first-order valence-corrected chi connectivity index (χ1v) is 14.0. The van der Waals surface area contributed by atoms with Crippen LogP contribution in [-0.2, 0) is 17.8 Å². The Morgan fingerprint density at radius 3 is 2.59 bits per heavy atom. The largest absolute Gasteiger partial charge is 0.508 e. The molecule has 0 unspecified atom stereocenters. The van der Waals surface area contributed by atoms with E-state index in [9.17, 15) is 19.8 Å². The van der Waals surface area contributed by atoms with Crippen LogP contribution in [0.3, 0.4) is 0 Å². The van der Waals surface area contributed by atoms with Crippen LogP contribution in [0.15, 0.2) is 24.3 Å². The van der Waals surface area contributed by atoms with Crippen molar-refractivity contribution < 1.29 is 19.8 Å². The number of anilines is 2. The predicted octanol–water partition coefficient (Wildman–Crippen LogP) is 1.40. The predicted molar refractivity (Wildman–Crippen MR) is 148 cm³/mol. The number of benzene rings is 1. The lowest BCUT2D eigenvalue weighted by Gasteiger charge is -2.32. The van der Waals surface area contributed by atoms with E-state index in [1.165, 1.54) is 6.42 Å². The van der Waals surface area contributed by atoms with E-state index in [-0.39, 0.29) is 41.9 Å². The van der Waals surface area contributed by atoms with Crippen molar-refractivity contribution in [2.75, 3.05) is 42.9 Å². The van der Waals surface area contributed by atoms with Gasteiger partial charge < -0.3 is 36.0 Å². The number of hydrogen-bond acceptors (Lipinski definition) is 9. The van der Waals surface area contributed by atoms with E-state index in [1.54, 1.807) is 25.1 Å². The number of hydrogen-bond donors (Lipinski definition) is 5. The van der Waals surface area contributed by atoms with Crippen LogP contribution in [-0.4, -0.2) is 87.8 Å². The molecular weight excluding hydrogens is 498 g/mol. The summed E-state index contributed by atoms with van der Waals surface area (Å²) in [5.41, 5.74) is 2.35. The van der Waals surface area contributed by atoms with E-state index in [2.05, 4.69) is 25.8 Å². The molecule has 0 saturated carbocycles. The Balaban J connectivity index is 1.24. The Bertz CT molecular complexity index is 1180. The number of phenolic OH excluding ortho intramolecular Hbond substituents is 1. The molecule has 210 valence electrons. The Kier molecular flexibility index (Phi) is 8.47. The first-order chi connectivity index (χ1) is 18.9. The molecule has 2 amide bonds. The number of aliphatic hydroxyl groups excluding tert-OH is 1. The smallest absolute Gasteiger partial charge is 0.270 e. The quantitative estimate of drug-likeness (QED) is 0.354. The number of carbonyl (C=O) groups excluding carboxylic acids is 2. The van der Waals surface area contributed by atoms with Crippen molar-refractivity contribution in [2.45, 2.75) is 70.2 Å². The average Bonchev–Trinajstić information content (AvgIpc) is 2.96. The number of aromatic hydroxyl groups is 1. The van der Waals surface area contributed by atoms with Crippen molar-refractivity contribution in [1.29, 1.82) is 0 Å². The number of nitrogens with zero attached hydrogens (tertiary/aromatic N) is 4. The summed E-state index contributed by atoms with van der Waals surface area (Å²) < 4.78 is 0. The van der Waals surface area contributed by atoms with Crippen molar-refractivity contribution in [2.24, 2.45) is 0 Å². The molecule has 11 nitrogen and oxygen atoms in total. The summed E-state index contributed by atoms with van der Waals surface area (Å²) >= 11 is 0. The molecule has 1 aromatic carbocycles. The minimum atomic E-state index is -0.789. The second-order valence-electron chi connectivity index (χ2n) is 10.8. The number of amides is 2. The lowest BCUT2D eigenvalue weighted by molar-refractivity contribution is -0.129. The van der Waals surface area contributed by atoms with Crippen LogP contribution in [0.4, 0.5) is 11.8 Å². The van der Waals surface area contributed by atoms with Gasteiger partial charge in [-0.15, -0.1) is 0 Å². The van der Waals surface area contributed by atoms with Gasteiger partial charge in [-0.25, -0.2) is 4.98 Å². The topological polar surface area (TPSA) is 143 Å². The molecule has 2 atom stereocenters. The molecule has 0 spiro atoms.